The van der Waals surface area contributed by atoms with Gasteiger partial charge in [0, 0.05) is 17.1 Å². The maximum absolute atomic E-state index is 11.9. The van der Waals surface area contributed by atoms with Crippen LogP contribution in [0.5, 0.6) is 0 Å². The predicted octanol–water partition coefficient (Wildman–Crippen LogP) is 1.36. The van der Waals surface area contributed by atoms with Gasteiger partial charge in [0.15, 0.2) is 0 Å². The highest BCUT2D eigenvalue weighted by molar-refractivity contribution is 7.89. The highest BCUT2D eigenvalue weighted by atomic mass is 35.5. The predicted molar refractivity (Wildman–Crippen MR) is 64.9 cm³/mol. The van der Waals surface area contributed by atoms with Gasteiger partial charge in [0.25, 0.3) is 0 Å². The van der Waals surface area contributed by atoms with Crippen molar-refractivity contribution in [2.24, 2.45) is 5.73 Å². The standard InChI is InChI=1S/C10H15ClN2O2S/c1-10(2,7-12)13-16(14,15)9-5-3-4-8(11)6-9/h3-6,13H,7,12H2,1-2H3. The van der Waals surface area contributed by atoms with Gasteiger partial charge in [-0.05, 0) is 32.0 Å². The van der Waals surface area contributed by atoms with E-state index in [2.05, 4.69) is 4.72 Å². The average molecular weight is 263 g/mol. The van der Waals surface area contributed by atoms with Crippen LogP contribution in [0.25, 0.3) is 0 Å². The van der Waals surface area contributed by atoms with E-state index in [9.17, 15) is 8.42 Å². The Morgan fingerprint density at radius 3 is 2.56 bits per heavy atom. The first-order chi connectivity index (χ1) is 7.27. The summed E-state index contributed by atoms with van der Waals surface area (Å²) >= 11 is 5.74. The van der Waals surface area contributed by atoms with Crippen LogP contribution in [0.15, 0.2) is 29.2 Å². The smallest absolute Gasteiger partial charge is 0.241 e. The molecule has 0 saturated carbocycles. The molecule has 0 radical (unpaired) electrons. The minimum absolute atomic E-state index is 0.140. The molecule has 0 aliphatic carbocycles. The fourth-order valence-corrected chi connectivity index (χ4v) is 2.82. The topological polar surface area (TPSA) is 72.2 Å². The van der Waals surface area contributed by atoms with Crippen molar-refractivity contribution in [3.8, 4) is 0 Å². The molecule has 90 valence electrons. The van der Waals surface area contributed by atoms with Crippen molar-refractivity contribution in [3.63, 3.8) is 0 Å². The van der Waals surface area contributed by atoms with Crippen molar-refractivity contribution in [2.45, 2.75) is 24.3 Å². The van der Waals surface area contributed by atoms with Crippen molar-refractivity contribution >= 4 is 21.6 Å². The zero-order chi connectivity index (χ0) is 12.4. The Hall–Kier alpha value is -0.620. The summed E-state index contributed by atoms with van der Waals surface area (Å²) in [5.41, 5.74) is 4.79. The molecule has 0 amide bonds. The van der Waals surface area contributed by atoms with Gasteiger partial charge in [-0.3, -0.25) is 0 Å². The van der Waals surface area contributed by atoms with Gasteiger partial charge in [-0.1, -0.05) is 17.7 Å². The molecule has 1 aromatic carbocycles. The zero-order valence-corrected chi connectivity index (χ0v) is 10.8. The Labute approximate surface area is 101 Å². The first-order valence-corrected chi connectivity index (χ1v) is 6.62. The van der Waals surface area contributed by atoms with E-state index in [1.165, 1.54) is 12.1 Å². The van der Waals surface area contributed by atoms with E-state index >= 15 is 0 Å². The third-order valence-corrected chi connectivity index (χ3v) is 3.96. The summed E-state index contributed by atoms with van der Waals surface area (Å²) in [6, 6.07) is 6.10. The molecule has 16 heavy (non-hydrogen) atoms. The van der Waals surface area contributed by atoms with Crippen LogP contribution in [0.1, 0.15) is 13.8 Å². The fraction of sp³-hybridized carbons (Fsp3) is 0.400. The monoisotopic (exact) mass is 262 g/mol. The summed E-state index contributed by atoms with van der Waals surface area (Å²) in [6.07, 6.45) is 0. The fourth-order valence-electron chi connectivity index (χ4n) is 1.10. The molecule has 0 unspecified atom stereocenters. The lowest BCUT2D eigenvalue weighted by Gasteiger charge is -2.23. The molecule has 0 aromatic heterocycles. The van der Waals surface area contributed by atoms with E-state index in [0.717, 1.165) is 0 Å². The largest absolute Gasteiger partial charge is 0.329 e. The number of halogens is 1. The highest BCUT2D eigenvalue weighted by Gasteiger charge is 2.24. The van der Waals surface area contributed by atoms with Crippen LogP contribution in [0, 0.1) is 0 Å². The van der Waals surface area contributed by atoms with Gasteiger partial charge in [-0.15, -0.1) is 0 Å². The van der Waals surface area contributed by atoms with E-state index in [4.69, 9.17) is 17.3 Å². The summed E-state index contributed by atoms with van der Waals surface area (Å²) in [7, 11) is -3.57. The minimum Gasteiger partial charge on any atom is -0.329 e. The Morgan fingerprint density at radius 1 is 1.44 bits per heavy atom. The Balaban J connectivity index is 3.04. The normalized spacial score (nSPS) is 12.8. The number of hydrogen-bond donors (Lipinski definition) is 2. The molecule has 3 N–H and O–H groups in total. The summed E-state index contributed by atoms with van der Waals surface area (Å²) in [4.78, 5) is 0.140. The van der Waals surface area contributed by atoms with Crippen molar-refractivity contribution in [1.82, 2.24) is 4.72 Å². The van der Waals surface area contributed by atoms with E-state index < -0.39 is 15.6 Å². The molecule has 1 aromatic rings. The van der Waals surface area contributed by atoms with Gasteiger partial charge in [-0.2, -0.15) is 0 Å². The summed E-state index contributed by atoms with van der Waals surface area (Å²) in [6.45, 7) is 3.65. The molecule has 4 nitrogen and oxygen atoms in total. The van der Waals surface area contributed by atoms with Crippen LogP contribution in [0.3, 0.4) is 0 Å². The molecular weight excluding hydrogens is 248 g/mol. The van der Waals surface area contributed by atoms with Crippen molar-refractivity contribution in [3.05, 3.63) is 29.3 Å². The molecule has 0 fully saturated rings. The quantitative estimate of drug-likeness (QED) is 0.861. The molecular formula is C10H15ClN2O2S. The van der Waals surface area contributed by atoms with Crippen LogP contribution in [0.2, 0.25) is 5.02 Å². The lowest BCUT2D eigenvalue weighted by Crippen LogP contribution is -2.48. The van der Waals surface area contributed by atoms with E-state index in [0.29, 0.717) is 5.02 Å². The zero-order valence-electron chi connectivity index (χ0n) is 9.20. The van der Waals surface area contributed by atoms with E-state index in [1.807, 2.05) is 0 Å². The molecule has 0 bridgehead atoms. The lowest BCUT2D eigenvalue weighted by molar-refractivity contribution is 0.462. The number of hydrogen-bond acceptors (Lipinski definition) is 3. The van der Waals surface area contributed by atoms with Gasteiger partial charge in [-0.25, -0.2) is 13.1 Å². The van der Waals surface area contributed by atoms with E-state index in [1.54, 1.807) is 26.0 Å². The molecule has 0 saturated heterocycles. The van der Waals surface area contributed by atoms with Crippen LogP contribution in [0.4, 0.5) is 0 Å². The number of benzene rings is 1. The van der Waals surface area contributed by atoms with Crippen molar-refractivity contribution < 1.29 is 8.42 Å². The van der Waals surface area contributed by atoms with Crippen LogP contribution in [-0.2, 0) is 10.0 Å². The van der Waals surface area contributed by atoms with Gasteiger partial charge in [0.2, 0.25) is 10.0 Å². The first-order valence-electron chi connectivity index (χ1n) is 4.76. The third-order valence-electron chi connectivity index (χ3n) is 2.03. The highest BCUT2D eigenvalue weighted by Crippen LogP contribution is 2.17. The second-order valence-electron chi connectivity index (χ2n) is 4.15. The van der Waals surface area contributed by atoms with Crippen LogP contribution < -0.4 is 10.5 Å². The molecule has 0 aliphatic heterocycles. The molecule has 6 heteroatoms. The second kappa shape index (κ2) is 4.71. The van der Waals surface area contributed by atoms with E-state index in [-0.39, 0.29) is 11.4 Å². The maximum Gasteiger partial charge on any atom is 0.241 e. The van der Waals surface area contributed by atoms with Gasteiger partial charge >= 0.3 is 0 Å². The van der Waals surface area contributed by atoms with Crippen molar-refractivity contribution in [2.75, 3.05) is 6.54 Å². The first kappa shape index (κ1) is 13.4. The molecule has 1 rings (SSSR count). The van der Waals surface area contributed by atoms with Crippen LogP contribution in [-0.4, -0.2) is 20.5 Å². The lowest BCUT2D eigenvalue weighted by atomic mass is 10.1. The number of nitrogens with two attached hydrogens (primary N) is 1. The summed E-state index contributed by atoms with van der Waals surface area (Å²) in [5.74, 6) is 0. The number of rotatable bonds is 4. The maximum atomic E-state index is 11.9. The van der Waals surface area contributed by atoms with Gasteiger partial charge < -0.3 is 5.73 Å². The second-order valence-corrected chi connectivity index (χ2v) is 6.27. The van der Waals surface area contributed by atoms with Crippen molar-refractivity contribution in [1.29, 1.82) is 0 Å². The summed E-state index contributed by atoms with van der Waals surface area (Å²) < 4.78 is 26.4. The molecule has 0 spiro atoms. The molecule has 0 heterocycles. The Morgan fingerprint density at radius 2 is 2.06 bits per heavy atom. The van der Waals surface area contributed by atoms with Gasteiger partial charge in [0.05, 0.1) is 4.90 Å². The van der Waals surface area contributed by atoms with Crippen LogP contribution >= 0.6 is 11.6 Å². The Bertz CT molecular complexity index is 471. The molecule has 0 aliphatic rings. The minimum atomic E-state index is -3.57. The average Bonchev–Trinajstić information content (AvgIpc) is 2.16. The van der Waals surface area contributed by atoms with Gasteiger partial charge in [0.1, 0.15) is 0 Å². The molecule has 0 atom stereocenters. The SMILES string of the molecule is CC(C)(CN)NS(=O)(=O)c1cccc(Cl)c1. The number of nitrogens with one attached hydrogen (secondary N) is 1. The Kier molecular flexibility index (Phi) is 3.96. The third kappa shape index (κ3) is 3.45. The summed E-state index contributed by atoms with van der Waals surface area (Å²) in [5, 5.41) is 0.383. The number of sulfonamides is 1.